The van der Waals surface area contributed by atoms with Gasteiger partial charge in [-0.3, -0.25) is 9.59 Å². The highest BCUT2D eigenvalue weighted by Crippen LogP contribution is 2.45. The van der Waals surface area contributed by atoms with Gasteiger partial charge in [-0.2, -0.15) is 0 Å². The Morgan fingerprint density at radius 1 is 1.06 bits per heavy atom. The lowest BCUT2D eigenvalue weighted by Gasteiger charge is -2.42. The Morgan fingerprint density at radius 2 is 1.77 bits per heavy atom. The van der Waals surface area contributed by atoms with Crippen LogP contribution < -0.4 is 0 Å². The molecule has 2 saturated heterocycles. The number of hydrogen-bond donors (Lipinski definition) is 1. The first-order valence-electron chi connectivity index (χ1n) is 11.9. The molecule has 5 rings (SSSR count). The standard InChI is InChI=1S/C25H34N2O4/c28-22-12-20(13-22)23(29)26-10-8-25(9-11-26)14-21(16-31-15-18-6-7-18)27(17-25)24(30)19-4-2-1-3-5-19/h1-5,18,20-22,28H,6-17H2. The molecule has 1 unspecified atom stereocenters. The topological polar surface area (TPSA) is 70.1 Å². The average Bonchev–Trinajstić information content (AvgIpc) is 3.53. The normalized spacial score (nSPS) is 29.8. The maximum atomic E-state index is 13.3. The third kappa shape index (κ3) is 4.51. The van der Waals surface area contributed by atoms with Gasteiger partial charge in [0.15, 0.2) is 0 Å². The zero-order chi connectivity index (χ0) is 21.4. The van der Waals surface area contributed by atoms with Crippen LogP contribution in [-0.2, 0) is 9.53 Å². The van der Waals surface area contributed by atoms with Crippen molar-refractivity contribution in [3.63, 3.8) is 0 Å². The van der Waals surface area contributed by atoms with Crippen LogP contribution in [0.25, 0.3) is 0 Å². The minimum absolute atomic E-state index is 0.00681. The second-order valence-electron chi connectivity index (χ2n) is 10.3. The summed E-state index contributed by atoms with van der Waals surface area (Å²) in [6.07, 6.45) is 6.29. The molecule has 1 spiro atoms. The van der Waals surface area contributed by atoms with Crippen molar-refractivity contribution in [1.82, 2.24) is 9.80 Å². The number of amides is 2. The second-order valence-corrected chi connectivity index (χ2v) is 10.3. The monoisotopic (exact) mass is 426 g/mol. The Bertz CT molecular complexity index is 795. The van der Waals surface area contributed by atoms with Crippen LogP contribution in [0.15, 0.2) is 30.3 Å². The molecule has 4 aliphatic rings. The molecule has 6 nitrogen and oxygen atoms in total. The number of hydrogen-bond acceptors (Lipinski definition) is 4. The zero-order valence-electron chi connectivity index (χ0n) is 18.2. The fraction of sp³-hybridized carbons (Fsp3) is 0.680. The number of piperidine rings is 1. The summed E-state index contributed by atoms with van der Waals surface area (Å²) in [6, 6.07) is 9.66. The third-order valence-electron chi connectivity index (χ3n) is 7.86. The molecule has 2 aliphatic carbocycles. The lowest BCUT2D eigenvalue weighted by molar-refractivity contribution is -0.144. The van der Waals surface area contributed by atoms with E-state index in [1.807, 2.05) is 40.1 Å². The van der Waals surface area contributed by atoms with E-state index >= 15 is 0 Å². The number of carbonyl (C=O) groups is 2. The van der Waals surface area contributed by atoms with E-state index in [1.54, 1.807) is 0 Å². The molecule has 2 heterocycles. The first-order chi connectivity index (χ1) is 15.0. The van der Waals surface area contributed by atoms with Gasteiger partial charge >= 0.3 is 0 Å². The first kappa shape index (κ1) is 21.0. The lowest BCUT2D eigenvalue weighted by atomic mass is 9.75. The number of nitrogens with zero attached hydrogens (tertiary/aromatic N) is 2. The molecule has 2 aliphatic heterocycles. The van der Waals surface area contributed by atoms with E-state index in [0.29, 0.717) is 25.4 Å². The number of benzene rings is 1. The van der Waals surface area contributed by atoms with E-state index in [0.717, 1.165) is 51.1 Å². The Balaban J connectivity index is 1.24. The Hall–Kier alpha value is -1.92. The number of aliphatic hydroxyl groups excluding tert-OH is 1. The first-order valence-corrected chi connectivity index (χ1v) is 11.9. The van der Waals surface area contributed by atoms with E-state index in [9.17, 15) is 14.7 Å². The molecular weight excluding hydrogens is 392 g/mol. The van der Waals surface area contributed by atoms with Gasteiger partial charge in [-0.1, -0.05) is 18.2 Å². The number of aliphatic hydroxyl groups is 1. The largest absolute Gasteiger partial charge is 0.393 e. The maximum Gasteiger partial charge on any atom is 0.254 e. The zero-order valence-corrected chi connectivity index (χ0v) is 18.2. The molecule has 168 valence electrons. The second kappa shape index (κ2) is 8.55. The summed E-state index contributed by atoms with van der Waals surface area (Å²) in [6.45, 7) is 3.69. The van der Waals surface area contributed by atoms with E-state index in [-0.39, 0.29) is 35.3 Å². The quantitative estimate of drug-likeness (QED) is 0.759. The van der Waals surface area contributed by atoms with Gasteiger partial charge in [0.25, 0.3) is 5.91 Å². The molecule has 1 aromatic carbocycles. The maximum absolute atomic E-state index is 13.3. The minimum atomic E-state index is -0.297. The van der Waals surface area contributed by atoms with Crippen LogP contribution in [0.1, 0.15) is 55.3 Å². The van der Waals surface area contributed by atoms with Gasteiger partial charge in [0, 0.05) is 37.7 Å². The van der Waals surface area contributed by atoms with Crippen molar-refractivity contribution in [3.8, 4) is 0 Å². The molecule has 1 N–H and O–H groups in total. The predicted octanol–water partition coefficient (Wildman–Crippen LogP) is 2.71. The summed E-state index contributed by atoms with van der Waals surface area (Å²) in [5, 5.41) is 9.53. The van der Waals surface area contributed by atoms with Crippen molar-refractivity contribution in [2.24, 2.45) is 17.3 Å². The molecule has 4 fully saturated rings. The van der Waals surface area contributed by atoms with Crippen molar-refractivity contribution in [3.05, 3.63) is 35.9 Å². The van der Waals surface area contributed by atoms with Gasteiger partial charge in [-0.25, -0.2) is 0 Å². The van der Waals surface area contributed by atoms with Gasteiger partial charge in [0.05, 0.1) is 18.8 Å². The van der Waals surface area contributed by atoms with Crippen molar-refractivity contribution in [2.45, 2.75) is 57.1 Å². The van der Waals surface area contributed by atoms with Gasteiger partial charge in [0.1, 0.15) is 0 Å². The highest BCUT2D eigenvalue weighted by atomic mass is 16.5. The Morgan fingerprint density at radius 3 is 2.42 bits per heavy atom. The summed E-state index contributed by atoms with van der Waals surface area (Å²) in [5.74, 6) is 1.03. The molecule has 2 amide bonds. The van der Waals surface area contributed by atoms with E-state index in [1.165, 1.54) is 12.8 Å². The van der Waals surface area contributed by atoms with Crippen molar-refractivity contribution < 1.29 is 19.4 Å². The van der Waals surface area contributed by atoms with Crippen LogP contribution in [0.2, 0.25) is 0 Å². The van der Waals surface area contributed by atoms with Crippen LogP contribution in [0.3, 0.4) is 0 Å². The summed E-state index contributed by atoms with van der Waals surface area (Å²) >= 11 is 0. The molecule has 1 aromatic rings. The smallest absolute Gasteiger partial charge is 0.254 e. The molecule has 6 heteroatoms. The van der Waals surface area contributed by atoms with Crippen LogP contribution in [0.5, 0.6) is 0 Å². The van der Waals surface area contributed by atoms with Crippen molar-refractivity contribution >= 4 is 11.8 Å². The minimum Gasteiger partial charge on any atom is -0.393 e. The van der Waals surface area contributed by atoms with Crippen LogP contribution in [0, 0.1) is 17.3 Å². The Kier molecular flexibility index (Phi) is 5.78. The molecule has 0 bridgehead atoms. The number of carbonyl (C=O) groups excluding carboxylic acids is 2. The summed E-state index contributed by atoms with van der Waals surface area (Å²) in [7, 11) is 0. The fourth-order valence-electron chi connectivity index (χ4n) is 5.56. The number of ether oxygens (including phenoxy) is 1. The van der Waals surface area contributed by atoms with Gasteiger partial charge in [-0.05, 0) is 68.4 Å². The SMILES string of the molecule is O=C(C1CC(O)C1)N1CCC2(CC1)CC(COCC1CC1)N(C(=O)c1ccccc1)C2. The summed E-state index contributed by atoms with van der Waals surface area (Å²) in [4.78, 5) is 30.0. The molecule has 1 atom stereocenters. The molecule has 2 saturated carbocycles. The van der Waals surface area contributed by atoms with Crippen LogP contribution in [-0.4, -0.2) is 71.7 Å². The summed E-state index contributed by atoms with van der Waals surface area (Å²) < 4.78 is 6.03. The molecule has 0 aromatic heterocycles. The molecule has 0 radical (unpaired) electrons. The highest BCUT2D eigenvalue weighted by molar-refractivity contribution is 5.94. The van der Waals surface area contributed by atoms with E-state index in [2.05, 4.69) is 0 Å². The van der Waals surface area contributed by atoms with Crippen LogP contribution in [0.4, 0.5) is 0 Å². The average molecular weight is 427 g/mol. The Labute approximate surface area is 184 Å². The fourth-order valence-corrected chi connectivity index (χ4v) is 5.56. The van der Waals surface area contributed by atoms with Crippen LogP contribution >= 0.6 is 0 Å². The van der Waals surface area contributed by atoms with Gasteiger partial charge in [0.2, 0.25) is 5.91 Å². The van der Waals surface area contributed by atoms with Crippen molar-refractivity contribution in [2.75, 3.05) is 32.8 Å². The molecule has 31 heavy (non-hydrogen) atoms. The molecular formula is C25H34N2O4. The summed E-state index contributed by atoms with van der Waals surface area (Å²) in [5.41, 5.74) is 0.816. The number of likely N-dealkylation sites (tertiary alicyclic amines) is 2. The predicted molar refractivity (Wildman–Crippen MR) is 116 cm³/mol. The van der Waals surface area contributed by atoms with Crippen molar-refractivity contribution in [1.29, 1.82) is 0 Å². The lowest BCUT2D eigenvalue weighted by Crippen LogP contribution is -2.49. The number of rotatable bonds is 6. The highest BCUT2D eigenvalue weighted by Gasteiger charge is 2.48. The van der Waals surface area contributed by atoms with Gasteiger partial charge in [-0.15, -0.1) is 0 Å². The van der Waals surface area contributed by atoms with Gasteiger partial charge < -0.3 is 19.6 Å². The van der Waals surface area contributed by atoms with E-state index in [4.69, 9.17) is 4.74 Å². The third-order valence-corrected chi connectivity index (χ3v) is 7.86. The van der Waals surface area contributed by atoms with E-state index < -0.39 is 0 Å².